The summed E-state index contributed by atoms with van der Waals surface area (Å²) in [7, 11) is -3.19. The molecule has 0 saturated heterocycles. The maximum atomic E-state index is 13.5. The predicted molar refractivity (Wildman–Crippen MR) is 84.0 cm³/mol. The van der Waals surface area contributed by atoms with E-state index in [0.29, 0.717) is 11.3 Å². The molecule has 0 fully saturated rings. The molecule has 2 aromatic rings. The van der Waals surface area contributed by atoms with Crippen molar-refractivity contribution < 1.29 is 12.8 Å². The van der Waals surface area contributed by atoms with E-state index in [-0.39, 0.29) is 5.82 Å². The van der Waals surface area contributed by atoms with Crippen molar-refractivity contribution >= 4 is 21.1 Å². The summed E-state index contributed by atoms with van der Waals surface area (Å²) in [5.41, 5.74) is 4.40. The minimum atomic E-state index is -3.19. The Balaban J connectivity index is 1.91. The Morgan fingerprint density at radius 2 is 1.77 bits per heavy atom. The summed E-state index contributed by atoms with van der Waals surface area (Å²) in [4.78, 5) is 0.296. The standard InChI is InChI=1S/C17H15FNO2S/c1-11-15(16-10-13(18)5-8-17(16)19-11)9-12-3-6-14(7-4-12)22(2,20)21/h3-8,10H,9H2,1-2H3. The maximum absolute atomic E-state index is 13.5. The van der Waals surface area contributed by atoms with Crippen LogP contribution in [0.1, 0.15) is 18.1 Å². The molecule has 0 unspecified atom stereocenters. The lowest BCUT2D eigenvalue weighted by Gasteiger charge is -2.07. The highest BCUT2D eigenvalue weighted by Gasteiger charge is 2.21. The average molecular weight is 316 g/mol. The van der Waals surface area contributed by atoms with Gasteiger partial charge in [-0.05, 0) is 54.8 Å². The molecule has 22 heavy (non-hydrogen) atoms. The molecule has 1 heterocycles. The Morgan fingerprint density at radius 1 is 1.09 bits per heavy atom. The van der Waals surface area contributed by atoms with Gasteiger partial charge >= 0.3 is 0 Å². The van der Waals surface area contributed by atoms with Crippen LogP contribution in [0.4, 0.5) is 10.1 Å². The fourth-order valence-electron chi connectivity index (χ4n) is 2.57. The SMILES string of the molecule is CC1=C(Cc2ccc(S(C)(=O)=O)cc2)c2cc(F)ccc2[N]1. The van der Waals surface area contributed by atoms with Gasteiger partial charge < -0.3 is 0 Å². The largest absolute Gasteiger partial charge is 0.253 e. The van der Waals surface area contributed by atoms with Crippen molar-refractivity contribution in [2.75, 3.05) is 6.26 Å². The highest BCUT2D eigenvalue weighted by molar-refractivity contribution is 7.90. The third-order valence-electron chi connectivity index (χ3n) is 3.74. The van der Waals surface area contributed by atoms with E-state index in [1.54, 1.807) is 30.3 Å². The van der Waals surface area contributed by atoms with Crippen molar-refractivity contribution in [3.63, 3.8) is 0 Å². The molecule has 1 aliphatic rings. The number of rotatable bonds is 3. The van der Waals surface area contributed by atoms with Gasteiger partial charge in [-0.25, -0.2) is 12.8 Å². The molecule has 0 spiro atoms. The van der Waals surface area contributed by atoms with E-state index in [1.807, 2.05) is 6.92 Å². The van der Waals surface area contributed by atoms with E-state index < -0.39 is 9.84 Å². The number of sulfone groups is 1. The van der Waals surface area contributed by atoms with Crippen molar-refractivity contribution in [3.05, 3.63) is 65.1 Å². The van der Waals surface area contributed by atoms with E-state index in [1.165, 1.54) is 18.4 Å². The summed E-state index contributed by atoms with van der Waals surface area (Å²) >= 11 is 0. The first-order chi connectivity index (χ1) is 10.3. The van der Waals surface area contributed by atoms with Gasteiger partial charge in [0, 0.05) is 17.5 Å². The lowest BCUT2D eigenvalue weighted by Crippen LogP contribution is -1.97. The van der Waals surface area contributed by atoms with Gasteiger partial charge in [0.1, 0.15) is 5.82 Å². The number of hydrogen-bond acceptors (Lipinski definition) is 2. The number of benzene rings is 2. The highest BCUT2D eigenvalue weighted by atomic mass is 32.2. The van der Waals surface area contributed by atoms with Gasteiger partial charge in [-0.3, -0.25) is 5.32 Å². The molecular weight excluding hydrogens is 301 g/mol. The van der Waals surface area contributed by atoms with E-state index >= 15 is 0 Å². The van der Waals surface area contributed by atoms with Gasteiger partial charge in [0.2, 0.25) is 0 Å². The van der Waals surface area contributed by atoms with Crippen LogP contribution >= 0.6 is 0 Å². The van der Waals surface area contributed by atoms with Crippen molar-refractivity contribution in [3.8, 4) is 0 Å². The van der Waals surface area contributed by atoms with Crippen LogP contribution in [0.25, 0.3) is 5.57 Å². The normalized spacial score (nSPS) is 14.0. The summed E-state index contributed by atoms with van der Waals surface area (Å²) in [6.07, 6.45) is 1.78. The second kappa shape index (κ2) is 5.25. The van der Waals surface area contributed by atoms with Crippen molar-refractivity contribution in [2.24, 2.45) is 0 Å². The zero-order valence-corrected chi connectivity index (χ0v) is 13.1. The molecule has 1 aliphatic heterocycles. The molecule has 5 heteroatoms. The first-order valence-corrected chi connectivity index (χ1v) is 8.74. The van der Waals surface area contributed by atoms with Crippen LogP contribution in [0, 0.1) is 5.82 Å². The Hall–Kier alpha value is -2.14. The number of hydrogen-bond donors (Lipinski definition) is 0. The minimum Gasteiger partial charge on any atom is -0.253 e. The molecule has 0 aromatic heterocycles. The Labute approximate surface area is 129 Å². The summed E-state index contributed by atoms with van der Waals surface area (Å²) in [6.45, 7) is 1.90. The molecule has 3 nitrogen and oxygen atoms in total. The van der Waals surface area contributed by atoms with Crippen LogP contribution in [-0.4, -0.2) is 14.7 Å². The van der Waals surface area contributed by atoms with Crippen LogP contribution in [0.2, 0.25) is 0 Å². The summed E-state index contributed by atoms with van der Waals surface area (Å²) in [5.74, 6) is -0.284. The summed E-state index contributed by atoms with van der Waals surface area (Å²) in [5, 5.41) is 4.44. The van der Waals surface area contributed by atoms with Crippen LogP contribution in [0.3, 0.4) is 0 Å². The zero-order chi connectivity index (χ0) is 15.9. The highest BCUT2D eigenvalue weighted by Crippen LogP contribution is 2.36. The first-order valence-electron chi connectivity index (χ1n) is 6.85. The molecule has 1 radical (unpaired) electrons. The van der Waals surface area contributed by atoms with Crippen molar-refractivity contribution in [2.45, 2.75) is 18.2 Å². The van der Waals surface area contributed by atoms with E-state index in [9.17, 15) is 12.8 Å². The topological polar surface area (TPSA) is 48.2 Å². The van der Waals surface area contributed by atoms with E-state index in [0.717, 1.165) is 28.1 Å². The summed E-state index contributed by atoms with van der Waals surface area (Å²) in [6, 6.07) is 11.3. The molecule has 0 N–H and O–H groups in total. The van der Waals surface area contributed by atoms with Crippen LogP contribution in [0.5, 0.6) is 0 Å². The second-order valence-corrected chi connectivity index (χ2v) is 7.45. The summed E-state index contributed by atoms with van der Waals surface area (Å²) < 4.78 is 36.4. The predicted octanol–water partition coefficient (Wildman–Crippen LogP) is 3.45. The first kappa shape index (κ1) is 14.8. The number of halogens is 1. The van der Waals surface area contributed by atoms with Crippen LogP contribution < -0.4 is 5.32 Å². The Morgan fingerprint density at radius 3 is 2.41 bits per heavy atom. The molecule has 0 atom stereocenters. The Bertz CT molecular complexity index is 868. The third-order valence-corrected chi connectivity index (χ3v) is 4.87. The molecule has 0 amide bonds. The lowest BCUT2D eigenvalue weighted by atomic mass is 9.98. The molecule has 0 bridgehead atoms. The van der Waals surface area contributed by atoms with E-state index in [2.05, 4.69) is 5.32 Å². The number of allylic oxidation sites excluding steroid dienone is 2. The zero-order valence-electron chi connectivity index (χ0n) is 12.3. The number of nitrogens with zero attached hydrogens (tertiary/aromatic N) is 1. The minimum absolute atomic E-state index is 0.284. The van der Waals surface area contributed by atoms with Gasteiger partial charge in [-0.2, -0.15) is 0 Å². The second-order valence-electron chi connectivity index (χ2n) is 5.43. The van der Waals surface area contributed by atoms with Gasteiger partial charge in [0.15, 0.2) is 9.84 Å². The molecule has 0 aliphatic carbocycles. The van der Waals surface area contributed by atoms with Gasteiger partial charge in [-0.15, -0.1) is 0 Å². The van der Waals surface area contributed by atoms with Gasteiger partial charge in [0.25, 0.3) is 0 Å². The monoisotopic (exact) mass is 316 g/mol. The smallest absolute Gasteiger partial charge is 0.175 e. The Kier molecular flexibility index (Phi) is 3.53. The fourth-order valence-corrected chi connectivity index (χ4v) is 3.20. The molecule has 2 aromatic carbocycles. The van der Waals surface area contributed by atoms with Gasteiger partial charge in [-0.1, -0.05) is 12.1 Å². The van der Waals surface area contributed by atoms with Crippen LogP contribution in [0.15, 0.2) is 53.1 Å². The average Bonchev–Trinajstić information content (AvgIpc) is 2.75. The van der Waals surface area contributed by atoms with Crippen molar-refractivity contribution in [1.29, 1.82) is 0 Å². The molecule has 113 valence electrons. The van der Waals surface area contributed by atoms with Gasteiger partial charge in [0.05, 0.1) is 10.6 Å². The lowest BCUT2D eigenvalue weighted by molar-refractivity contribution is 0.602. The fraction of sp³-hybridized carbons (Fsp3) is 0.176. The quantitative estimate of drug-likeness (QED) is 0.871. The molecule has 3 rings (SSSR count). The molecular formula is C17H15FNO2S. The third kappa shape index (κ3) is 2.76. The van der Waals surface area contributed by atoms with Crippen LogP contribution in [-0.2, 0) is 16.3 Å². The van der Waals surface area contributed by atoms with E-state index in [4.69, 9.17) is 0 Å². The molecule has 0 saturated carbocycles. The maximum Gasteiger partial charge on any atom is 0.175 e. The number of fused-ring (bicyclic) bond motifs is 1. The van der Waals surface area contributed by atoms with Crippen molar-refractivity contribution in [1.82, 2.24) is 5.32 Å².